The highest BCUT2D eigenvalue weighted by molar-refractivity contribution is 7.09. The average molecular weight is 319 g/mol. The van der Waals surface area contributed by atoms with Gasteiger partial charge >= 0.3 is 6.03 Å². The second-order valence-corrected chi connectivity index (χ2v) is 6.12. The summed E-state index contributed by atoms with van der Waals surface area (Å²) in [7, 11) is 0. The maximum absolute atomic E-state index is 11.9. The van der Waals surface area contributed by atoms with Crippen molar-refractivity contribution in [2.45, 2.75) is 32.9 Å². The topological polar surface area (TPSA) is 63.2 Å². The number of aryl methyl sites for hydroxylation is 1. The van der Waals surface area contributed by atoms with Crippen LogP contribution < -0.4 is 15.4 Å². The fourth-order valence-electron chi connectivity index (χ4n) is 1.96. The summed E-state index contributed by atoms with van der Waals surface area (Å²) in [5, 5.41) is 8.45. The molecule has 2 unspecified atom stereocenters. The van der Waals surface area contributed by atoms with E-state index in [2.05, 4.69) is 15.6 Å². The van der Waals surface area contributed by atoms with Crippen LogP contribution in [0.15, 0.2) is 35.8 Å². The first kappa shape index (κ1) is 16.3. The fourth-order valence-corrected chi connectivity index (χ4v) is 2.60. The first-order valence-corrected chi connectivity index (χ1v) is 8.09. The van der Waals surface area contributed by atoms with E-state index in [9.17, 15) is 4.79 Å². The van der Waals surface area contributed by atoms with Crippen LogP contribution in [0.25, 0.3) is 0 Å². The minimum atomic E-state index is -0.220. The quantitative estimate of drug-likeness (QED) is 0.859. The Bertz CT molecular complexity index is 601. The number of nitrogens with one attached hydrogen (secondary N) is 2. The summed E-state index contributed by atoms with van der Waals surface area (Å²) >= 11 is 1.52. The second kappa shape index (κ2) is 7.79. The van der Waals surface area contributed by atoms with Crippen LogP contribution in [0.4, 0.5) is 4.79 Å². The van der Waals surface area contributed by atoms with Gasteiger partial charge in [0.1, 0.15) is 16.9 Å². The van der Waals surface area contributed by atoms with Gasteiger partial charge in [0.2, 0.25) is 0 Å². The van der Waals surface area contributed by atoms with E-state index in [-0.39, 0.29) is 18.2 Å². The molecule has 6 heteroatoms. The zero-order valence-electron chi connectivity index (χ0n) is 13.0. The maximum Gasteiger partial charge on any atom is 0.315 e. The number of thiazole rings is 1. The highest BCUT2D eigenvalue weighted by Crippen LogP contribution is 2.15. The van der Waals surface area contributed by atoms with Gasteiger partial charge in [-0.3, -0.25) is 0 Å². The Morgan fingerprint density at radius 1 is 1.41 bits per heavy atom. The van der Waals surface area contributed by atoms with Gasteiger partial charge in [-0.2, -0.15) is 0 Å². The van der Waals surface area contributed by atoms with Crippen molar-refractivity contribution in [1.29, 1.82) is 0 Å². The summed E-state index contributed by atoms with van der Waals surface area (Å²) in [6.07, 6.45) is 1.62. The van der Waals surface area contributed by atoms with Gasteiger partial charge in [-0.1, -0.05) is 12.1 Å². The van der Waals surface area contributed by atoms with Crippen LogP contribution in [0.3, 0.4) is 0 Å². The van der Waals surface area contributed by atoms with E-state index in [4.69, 9.17) is 4.74 Å². The number of hydrogen-bond donors (Lipinski definition) is 2. The normalized spacial score (nSPS) is 13.2. The molecule has 0 radical (unpaired) electrons. The molecule has 0 aliphatic rings. The third kappa shape index (κ3) is 5.04. The largest absolute Gasteiger partial charge is 0.489 e. The Balaban J connectivity index is 1.73. The minimum absolute atomic E-state index is 0.104. The molecule has 0 spiro atoms. The summed E-state index contributed by atoms with van der Waals surface area (Å²) in [5.74, 6) is 0.811. The molecule has 2 amide bonds. The van der Waals surface area contributed by atoms with Crippen LogP contribution in [-0.4, -0.2) is 23.7 Å². The van der Waals surface area contributed by atoms with E-state index in [0.29, 0.717) is 6.54 Å². The Morgan fingerprint density at radius 2 is 2.23 bits per heavy atom. The lowest BCUT2D eigenvalue weighted by atomic mass is 10.2. The number of urea groups is 1. The lowest BCUT2D eigenvalue weighted by Gasteiger charge is -2.17. The molecule has 2 atom stereocenters. The van der Waals surface area contributed by atoms with Gasteiger partial charge in [0.15, 0.2) is 0 Å². The number of benzene rings is 1. The fraction of sp³-hybridized carbons (Fsp3) is 0.375. The van der Waals surface area contributed by atoms with Crippen molar-refractivity contribution in [2.75, 3.05) is 6.54 Å². The number of nitrogens with zero attached hydrogens (tertiary/aromatic N) is 1. The van der Waals surface area contributed by atoms with Gasteiger partial charge in [0, 0.05) is 11.6 Å². The van der Waals surface area contributed by atoms with E-state index >= 15 is 0 Å². The SMILES string of the molecule is Cc1cccc(OC(C)CNC(=O)NC(C)c2nccs2)c1. The Hall–Kier alpha value is -2.08. The Labute approximate surface area is 134 Å². The monoisotopic (exact) mass is 319 g/mol. The van der Waals surface area contributed by atoms with Crippen LogP contribution in [0.5, 0.6) is 5.75 Å². The number of hydrogen-bond acceptors (Lipinski definition) is 4. The second-order valence-electron chi connectivity index (χ2n) is 5.19. The van der Waals surface area contributed by atoms with Crippen molar-refractivity contribution < 1.29 is 9.53 Å². The third-order valence-electron chi connectivity index (χ3n) is 3.05. The van der Waals surface area contributed by atoms with Crippen LogP contribution >= 0.6 is 11.3 Å². The maximum atomic E-state index is 11.9. The van der Waals surface area contributed by atoms with Gasteiger partial charge in [-0.25, -0.2) is 9.78 Å². The summed E-state index contributed by atoms with van der Waals surface area (Å²) in [5.41, 5.74) is 1.15. The molecule has 0 bridgehead atoms. The van der Waals surface area contributed by atoms with Crippen molar-refractivity contribution in [2.24, 2.45) is 0 Å². The van der Waals surface area contributed by atoms with Crippen LogP contribution in [0.2, 0.25) is 0 Å². The van der Waals surface area contributed by atoms with Crippen LogP contribution in [0, 0.1) is 6.92 Å². The van der Waals surface area contributed by atoms with E-state index in [1.54, 1.807) is 6.20 Å². The van der Waals surface area contributed by atoms with Crippen LogP contribution in [-0.2, 0) is 0 Å². The molecule has 1 heterocycles. The van der Waals surface area contributed by atoms with Gasteiger partial charge in [-0.15, -0.1) is 11.3 Å². The van der Waals surface area contributed by atoms with Gasteiger partial charge in [0.25, 0.3) is 0 Å². The number of rotatable bonds is 6. The van der Waals surface area contributed by atoms with Gasteiger partial charge in [0.05, 0.1) is 12.6 Å². The van der Waals surface area contributed by atoms with Crippen molar-refractivity contribution >= 4 is 17.4 Å². The van der Waals surface area contributed by atoms with Crippen molar-refractivity contribution in [1.82, 2.24) is 15.6 Å². The molecule has 118 valence electrons. The third-order valence-corrected chi connectivity index (χ3v) is 4.00. The van der Waals surface area contributed by atoms with E-state index in [0.717, 1.165) is 16.3 Å². The molecule has 2 rings (SSSR count). The highest BCUT2D eigenvalue weighted by atomic mass is 32.1. The first-order chi connectivity index (χ1) is 10.5. The van der Waals surface area contributed by atoms with E-state index in [1.807, 2.05) is 50.4 Å². The molecule has 0 aliphatic carbocycles. The lowest BCUT2D eigenvalue weighted by Crippen LogP contribution is -2.41. The molecule has 2 aromatic rings. The van der Waals surface area contributed by atoms with E-state index < -0.39 is 0 Å². The summed E-state index contributed by atoms with van der Waals surface area (Å²) in [4.78, 5) is 16.0. The summed E-state index contributed by atoms with van der Waals surface area (Å²) < 4.78 is 5.77. The highest BCUT2D eigenvalue weighted by Gasteiger charge is 2.12. The molecule has 5 nitrogen and oxygen atoms in total. The summed E-state index contributed by atoms with van der Waals surface area (Å²) in [6, 6.07) is 7.53. The number of aromatic nitrogens is 1. The smallest absolute Gasteiger partial charge is 0.315 e. The zero-order valence-corrected chi connectivity index (χ0v) is 13.8. The molecule has 0 saturated carbocycles. The Morgan fingerprint density at radius 3 is 2.91 bits per heavy atom. The molecule has 0 saturated heterocycles. The average Bonchev–Trinajstić information content (AvgIpc) is 2.99. The minimum Gasteiger partial charge on any atom is -0.489 e. The number of carbonyl (C=O) groups excluding carboxylic acids is 1. The van der Waals surface area contributed by atoms with Crippen molar-refractivity contribution in [3.63, 3.8) is 0 Å². The first-order valence-electron chi connectivity index (χ1n) is 7.21. The molecule has 1 aromatic heterocycles. The number of carbonyl (C=O) groups is 1. The van der Waals surface area contributed by atoms with Crippen molar-refractivity contribution in [3.05, 3.63) is 46.4 Å². The molecule has 2 N–H and O–H groups in total. The number of amides is 2. The number of ether oxygens (including phenoxy) is 1. The van der Waals surface area contributed by atoms with Gasteiger partial charge < -0.3 is 15.4 Å². The molecule has 0 aliphatic heterocycles. The lowest BCUT2D eigenvalue weighted by molar-refractivity contribution is 0.206. The predicted molar refractivity (Wildman–Crippen MR) is 88.3 cm³/mol. The van der Waals surface area contributed by atoms with Gasteiger partial charge in [-0.05, 0) is 38.5 Å². The zero-order chi connectivity index (χ0) is 15.9. The molecule has 22 heavy (non-hydrogen) atoms. The van der Waals surface area contributed by atoms with E-state index in [1.165, 1.54) is 11.3 Å². The van der Waals surface area contributed by atoms with Crippen molar-refractivity contribution in [3.8, 4) is 5.75 Å². The molecular weight excluding hydrogens is 298 g/mol. The molecular formula is C16H21N3O2S. The standard InChI is InChI=1S/C16H21N3O2S/c1-11-5-4-6-14(9-11)21-12(2)10-18-16(20)19-13(3)15-17-7-8-22-15/h4-9,12-13H,10H2,1-3H3,(H2,18,19,20). The predicted octanol–water partition coefficient (Wildman–Crippen LogP) is 3.28. The molecule has 1 aromatic carbocycles. The Kier molecular flexibility index (Phi) is 5.77. The van der Waals surface area contributed by atoms with Crippen LogP contribution in [0.1, 0.15) is 30.5 Å². The molecule has 0 fully saturated rings. The summed E-state index contributed by atoms with van der Waals surface area (Å²) in [6.45, 7) is 6.28.